The predicted molar refractivity (Wildman–Crippen MR) is 98.0 cm³/mol. The SMILES string of the molecule is NP(N)(=O)Nc1ccc(C=Cc2cccc(OP(N)(N)=O)c2)cc1. The topological polar surface area (TPSA) is 159 Å². The van der Waals surface area contributed by atoms with Gasteiger partial charge in [-0.25, -0.2) is 15.6 Å². The van der Waals surface area contributed by atoms with Gasteiger partial charge in [-0.2, -0.15) is 0 Å². The minimum Gasteiger partial charge on any atom is -0.422 e. The van der Waals surface area contributed by atoms with Crippen molar-refractivity contribution in [3.8, 4) is 5.75 Å². The molecule has 0 radical (unpaired) electrons. The van der Waals surface area contributed by atoms with E-state index < -0.39 is 15.3 Å². The zero-order valence-electron chi connectivity index (χ0n) is 12.7. The Balaban J connectivity index is 2.09. The van der Waals surface area contributed by atoms with E-state index in [-0.39, 0.29) is 0 Å². The maximum absolute atomic E-state index is 11.3. The number of anilines is 1. The van der Waals surface area contributed by atoms with E-state index in [4.69, 9.17) is 26.5 Å². The number of hydrogen-bond acceptors (Lipinski definition) is 3. The molecule has 24 heavy (non-hydrogen) atoms. The van der Waals surface area contributed by atoms with Gasteiger partial charge >= 0.3 is 7.67 Å². The molecule has 0 atom stereocenters. The summed E-state index contributed by atoms with van der Waals surface area (Å²) in [6.45, 7) is 0. The molecular weight excluding hydrogens is 348 g/mol. The van der Waals surface area contributed by atoms with Crippen LogP contribution in [0.15, 0.2) is 48.5 Å². The Morgan fingerprint density at radius 1 is 0.875 bits per heavy atom. The van der Waals surface area contributed by atoms with Crippen LogP contribution in [0, 0.1) is 0 Å². The molecule has 0 bridgehead atoms. The molecule has 2 rings (SSSR count). The molecule has 8 nitrogen and oxygen atoms in total. The number of rotatable bonds is 6. The van der Waals surface area contributed by atoms with Crippen molar-refractivity contribution in [1.29, 1.82) is 0 Å². The first-order valence-electron chi connectivity index (χ1n) is 6.81. The first kappa shape index (κ1) is 18.4. The summed E-state index contributed by atoms with van der Waals surface area (Å²) in [7, 11) is -6.90. The monoisotopic (exact) mass is 367 g/mol. The summed E-state index contributed by atoms with van der Waals surface area (Å²) >= 11 is 0. The fourth-order valence-electron chi connectivity index (χ4n) is 1.90. The molecule has 0 unspecified atom stereocenters. The van der Waals surface area contributed by atoms with Gasteiger partial charge in [0.15, 0.2) is 0 Å². The van der Waals surface area contributed by atoms with E-state index in [1.54, 1.807) is 30.3 Å². The Bertz CT molecular complexity index is 827. The van der Waals surface area contributed by atoms with Gasteiger partial charge in [0.05, 0.1) is 0 Å². The molecule has 0 saturated carbocycles. The number of hydrogen-bond donors (Lipinski definition) is 5. The average molecular weight is 367 g/mol. The Kier molecular flexibility index (Phi) is 5.62. The van der Waals surface area contributed by atoms with E-state index >= 15 is 0 Å². The second kappa shape index (κ2) is 7.32. The van der Waals surface area contributed by atoms with Crippen molar-refractivity contribution in [1.82, 2.24) is 0 Å². The molecule has 2 aromatic rings. The van der Waals surface area contributed by atoms with Crippen molar-refractivity contribution in [3.05, 3.63) is 59.7 Å². The lowest BCUT2D eigenvalue weighted by atomic mass is 10.1. The highest BCUT2D eigenvalue weighted by Gasteiger charge is 2.10. The van der Waals surface area contributed by atoms with Gasteiger partial charge in [0, 0.05) is 5.69 Å². The van der Waals surface area contributed by atoms with Crippen molar-refractivity contribution in [3.63, 3.8) is 0 Å². The third-order valence-electron chi connectivity index (χ3n) is 2.79. The zero-order chi connectivity index (χ0) is 17.8. The van der Waals surface area contributed by atoms with E-state index in [1.807, 2.05) is 30.4 Å². The number of benzene rings is 2. The third kappa shape index (κ3) is 6.68. The van der Waals surface area contributed by atoms with E-state index in [9.17, 15) is 9.13 Å². The lowest BCUT2D eigenvalue weighted by Gasteiger charge is -2.10. The van der Waals surface area contributed by atoms with Crippen molar-refractivity contribution in [2.24, 2.45) is 22.0 Å². The van der Waals surface area contributed by atoms with Crippen molar-refractivity contribution in [2.75, 3.05) is 5.09 Å². The molecule has 0 heterocycles. The van der Waals surface area contributed by atoms with Crippen LogP contribution in [-0.4, -0.2) is 0 Å². The van der Waals surface area contributed by atoms with Gasteiger partial charge in [-0.15, -0.1) is 0 Å². The van der Waals surface area contributed by atoms with Crippen molar-refractivity contribution < 1.29 is 13.7 Å². The van der Waals surface area contributed by atoms with E-state index in [0.29, 0.717) is 11.4 Å². The van der Waals surface area contributed by atoms with E-state index in [1.165, 1.54) is 0 Å². The van der Waals surface area contributed by atoms with E-state index in [0.717, 1.165) is 11.1 Å². The van der Waals surface area contributed by atoms with Gasteiger partial charge in [-0.05, 0) is 35.4 Å². The first-order chi connectivity index (χ1) is 11.1. The molecule has 0 aliphatic rings. The largest absolute Gasteiger partial charge is 0.422 e. The minimum absolute atomic E-state index is 0.326. The molecule has 0 aromatic heterocycles. The Labute approximate surface area is 139 Å². The van der Waals surface area contributed by atoms with Gasteiger partial charge in [-0.1, -0.05) is 36.4 Å². The van der Waals surface area contributed by atoms with Crippen molar-refractivity contribution >= 4 is 33.1 Å². The van der Waals surface area contributed by atoms with Gasteiger partial charge in [0.2, 0.25) is 0 Å². The molecule has 0 saturated heterocycles. The highest BCUT2D eigenvalue weighted by Crippen LogP contribution is 2.31. The maximum atomic E-state index is 11.3. The van der Waals surface area contributed by atoms with Crippen LogP contribution < -0.4 is 31.6 Å². The summed E-state index contributed by atoms with van der Waals surface area (Å²) in [5.41, 5.74) is 23.2. The van der Waals surface area contributed by atoms with Crippen LogP contribution >= 0.6 is 15.3 Å². The smallest absolute Gasteiger partial charge is 0.385 e. The highest BCUT2D eigenvalue weighted by atomic mass is 31.2. The molecule has 10 heteroatoms. The van der Waals surface area contributed by atoms with Crippen LogP contribution in [0.1, 0.15) is 11.1 Å². The fraction of sp³-hybridized carbons (Fsp3) is 0. The molecule has 2 aromatic carbocycles. The Morgan fingerprint density at radius 2 is 1.50 bits per heavy atom. The summed E-state index contributed by atoms with van der Waals surface area (Å²) in [6, 6.07) is 13.9. The van der Waals surface area contributed by atoms with E-state index in [2.05, 4.69) is 5.09 Å². The standard InChI is InChI=1S/C14H19N5O3P2/c15-23(16,20)19-13-8-6-11(7-9-13)4-5-12-2-1-3-14(10-12)22-24(17,18)21/h1-10H,(H4,17,18,21)(H5,15,16,19,20). The summed E-state index contributed by atoms with van der Waals surface area (Å²) in [6.07, 6.45) is 3.70. The molecule has 0 spiro atoms. The second-order valence-electron chi connectivity index (χ2n) is 5.09. The normalized spacial score (nSPS) is 12.3. The zero-order valence-corrected chi connectivity index (χ0v) is 14.5. The summed E-state index contributed by atoms with van der Waals surface area (Å²) in [5.74, 6) is 0.326. The lowest BCUT2D eigenvalue weighted by molar-refractivity contribution is 0.484. The van der Waals surface area contributed by atoms with Crippen LogP contribution in [0.25, 0.3) is 12.2 Å². The van der Waals surface area contributed by atoms with Gasteiger partial charge < -0.3 is 9.61 Å². The highest BCUT2D eigenvalue weighted by molar-refractivity contribution is 7.60. The molecule has 9 N–H and O–H groups in total. The van der Waals surface area contributed by atoms with Crippen LogP contribution in [0.3, 0.4) is 0 Å². The molecule has 0 amide bonds. The summed E-state index contributed by atoms with van der Waals surface area (Å²) in [4.78, 5) is 0. The molecule has 0 fully saturated rings. The predicted octanol–water partition coefficient (Wildman–Crippen LogP) is 2.70. The molecule has 128 valence electrons. The Morgan fingerprint density at radius 3 is 2.08 bits per heavy atom. The average Bonchev–Trinajstić information content (AvgIpc) is 2.43. The Hall–Kier alpha value is -1.92. The number of nitrogens with one attached hydrogen (secondary N) is 1. The fourth-order valence-corrected chi connectivity index (χ4v) is 2.90. The van der Waals surface area contributed by atoms with Crippen LogP contribution in [-0.2, 0) is 9.13 Å². The van der Waals surface area contributed by atoms with Crippen LogP contribution in [0.2, 0.25) is 0 Å². The van der Waals surface area contributed by atoms with Crippen LogP contribution in [0.5, 0.6) is 5.75 Å². The van der Waals surface area contributed by atoms with Gasteiger partial charge in [0.25, 0.3) is 7.59 Å². The molecule has 0 aliphatic carbocycles. The van der Waals surface area contributed by atoms with Gasteiger partial charge in [0.1, 0.15) is 5.75 Å². The maximum Gasteiger partial charge on any atom is 0.385 e. The summed E-state index contributed by atoms with van der Waals surface area (Å²) in [5, 5.41) is 2.53. The lowest BCUT2D eigenvalue weighted by Crippen LogP contribution is -2.12. The van der Waals surface area contributed by atoms with Crippen LogP contribution in [0.4, 0.5) is 5.69 Å². The molecular formula is C14H19N5O3P2. The second-order valence-corrected chi connectivity index (χ2v) is 8.20. The summed E-state index contributed by atoms with van der Waals surface area (Å²) < 4.78 is 27.5. The van der Waals surface area contributed by atoms with Gasteiger partial charge in [-0.3, -0.25) is 15.6 Å². The number of nitrogens with two attached hydrogens (primary N) is 4. The van der Waals surface area contributed by atoms with Crippen molar-refractivity contribution in [2.45, 2.75) is 0 Å². The minimum atomic E-state index is -3.58. The third-order valence-corrected chi connectivity index (χ3v) is 3.89. The first-order valence-corrected chi connectivity index (χ1v) is 10.4. The quantitative estimate of drug-likeness (QED) is 0.385. The molecule has 0 aliphatic heterocycles.